The van der Waals surface area contributed by atoms with E-state index in [0.29, 0.717) is 23.1 Å². The van der Waals surface area contributed by atoms with E-state index >= 15 is 0 Å². The average molecular weight is 383 g/mol. The normalized spacial score (nSPS) is 16.9. The Morgan fingerprint density at radius 1 is 1.33 bits per heavy atom. The highest BCUT2D eigenvalue weighted by Gasteiger charge is 2.28. The zero-order valence-corrected chi connectivity index (χ0v) is 16.3. The zero-order chi connectivity index (χ0) is 19.2. The molecule has 0 bridgehead atoms. The minimum absolute atomic E-state index is 0.0983. The van der Waals surface area contributed by atoms with E-state index in [1.54, 1.807) is 16.8 Å². The molecule has 2 aromatic heterocycles. The van der Waals surface area contributed by atoms with Gasteiger partial charge in [-0.05, 0) is 18.2 Å². The lowest BCUT2D eigenvalue weighted by Crippen LogP contribution is -2.37. The van der Waals surface area contributed by atoms with E-state index in [4.69, 9.17) is 0 Å². The number of carbonyl (C=O) groups is 1. The van der Waals surface area contributed by atoms with Crippen LogP contribution in [0, 0.1) is 5.92 Å². The van der Waals surface area contributed by atoms with Crippen molar-refractivity contribution in [1.29, 1.82) is 0 Å². The molecule has 0 spiro atoms. The van der Waals surface area contributed by atoms with Crippen molar-refractivity contribution in [1.82, 2.24) is 19.7 Å². The van der Waals surface area contributed by atoms with E-state index < -0.39 is 0 Å². The summed E-state index contributed by atoms with van der Waals surface area (Å²) >= 11 is 1.46. The molecule has 1 amide bonds. The zero-order valence-electron chi connectivity index (χ0n) is 15.4. The van der Waals surface area contributed by atoms with Gasteiger partial charge in [0.2, 0.25) is 5.91 Å². The van der Waals surface area contributed by atoms with E-state index in [0.717, 1.165) is 16.6 Å². The predicted octanol–water partition coefficient (Wildman–Crippen LogP) is 2.78. The summed E-state index contributed by atoms with van der Waals surface area (Å²) in [5.74, 6) is 0.205. The first-order chi connectivity index (χ1) is 12.8. The minimum Gasteiger partial charge on any atom is -0.326 e. The van der Waals surface area contributed by atoms with Crippen LogP contribution in [-0.4, -0.2) is 31.4 Å². The molecule has 4 rings (SSSR count). The molecule has 0 fully saturated rings. The van der Waals surface area contributed by atoms with Crippen molar-refractivity contribution < 1.29 is 4.79 Å². The number of amides is 1. The van der Waals surface area contributed by atoms with Gasteiger partial charge in [0, 0.05) is 34.9 Å². The molecule has 140 valence electrons. The van der Waals surface area contributed by atoms with Crippen LogP contribution in [0.25, 0.3) is 10.9 Å². The van der Waals surface area contributed by atoms with Gasteiger partial charge in [-0.25, -0.2) is 4.98 Å². The molecular formula is C19H21N5O2S. The van der Waals surface area contributed by atoms with E-state index in [1.807, 2.05) is 39.0 Å². The Labute approximate surface area is 160 Å². The summed E-state index contributed by atoms with van der Waals surface area (Å²) in [7, 11) is 0. The van der Waals surface area contributed by atoms with Crippen molar-refractivity contribution in [2.75, 3.05) is 11.1 Å². The van der Waals surface area contributed by atoms with Crippen molar-refractivity contribution in [3.8, 4) is 0 Å². The van der Waals surface area contributed by atoms with Gasteiger partial charge in [0.1, 0.15) is 0 Å². The number of nitrogens with zero attached hydrogens (tertiary/aromatic N) is 3. The molecule has 8 heteroatoms. The molecule has 0 aliphatic carbocycles. The summed E-state index contributed by atoms with van der Waals surface area (Å²) < 4.78 is 1.60. The molecule has 1 aromatic carbocycles. The number of anilines is 1. The first kappa shape index (κ1) is 17.8. The first-order valence-electron chi connectivity index (χ1n) is 8.80. The molecule has 0 saturated carbocycles. The molecule has 1 aliphatic rings. The molecule has 7 nitrogen and oxygen atoms in total. The third-order valence-corrected chi connectivity index (χ3v) is 5.78. The van der Waals surface area contributed by atoms with Crippen LogP contribution in [0.5, 0.6) is 0 Å². The number of aromatic nitrogens is 4. The molecule has 0 radical (unpaired) electrons. The summed E-state index contributed by atoms with van der Waals surface area (Å²) in [5.41, 5.74) is 2.07. The largest absolute Gasteiger partial charge is 0.326 e. The minimum atomic E-state index is -0.292. The fourth-order valence-electron chi connectivity index (χ4n) is 3.01. The maximum atomic E-state index is 12.7. The van der Waals surface area contributed by atoms with Gasteiger partial charge in [-0.2, -0.15) is 5.10 Å². The predicted molar refractivity (Wildman–Crippen MR) is 106 cm³/mol. The summed E-state index contributed by atoms with van der Waals surface area (Å²) in [4.78, 5) is 29.9. The third-order valence-electron chi connectivity index (χ3n) is 4.64. The lowest BCUT2D eigenvalue weighted by Gasteiger charge is -2.26. The van der Waals surface area contributed by atoms with Crippen LogP contribution in [0.1, 0.15) is 26.5 Å². The molecular weight excluding hydrogens is 362 g/mol. The number of benzene rings is 1. The molecule has 1 aliphatic heterocycles. The number of rotatable bonds is 2. The molecule has 2 N–H and O–H groups in total. The van der Waals surface area contributed by atoms with Crippen molar-refractivity contribution in [3.63, 3.8) is 0 Å². The number of hydrogen-bond donors (Lipinski definition) is 2. The van der Waals surface area contributed by atoms with Crippen molar-refractivity contribution in [3.05, 3.63) is 46.5 Å². The molecule has 3 heterocycles. The second-order valence-corrected chi connectivity index (χ2v) is 8.78. The van der Waals surface area contributed by atoms with E-state index in [2.05, 4.69) is 20.5 Å². The average Bonchev–Trinajstić information content (AvgIpc) is 3.08. The topological polar surface area (TPSA) is 92.7 Å². The van der Waals surface area contributed by atoms with Crippen molar-refractivity contribution in [2.24, 2.45) is 5.92 Å². The summed E-state index contributed by atoms with van der Waals surface area (Å²) in [5, 5.41) is 11.5. The number of nitrogens with one attached hydrogen (secondary N) is 2. The number of fused-ring (bicyclic) bond motifs is 2. The van der Waals surface area contributed by atoms with Gasteiger partial charge >= 0.3 is 0 Å². The fraction of sp³-hybridized carbons (Fsp3) is 0.368. The molecule has 1 atom stereocenters. The Balaban J connectivity index is 1.53. The second-order valence-electron chi connectivity index (χ2n) is 7.79. The van der Waals surface area contributed by atoms with Gasteiger partial charge < -0.3 is 5.32 Å². The van der Waals surface area contributed by atoms with Crippen LogP contribution >= 0.6 is 11.8 Å². The van der Waals surface area contributed by atoms with E-state index in [9.17, 15) is 9.59 Å². The summed E-state index contributed by atoms with van der Waals surface area (Å²) in [6, 6.07) is 7.19. The van der Waals surface area contributed by atoms with Gasteiger partial charge in [-0.3, -0.25) is 19.3 Å². The highest BCUT2D eigenvalue weighted by atomic mass is 32.2. The number of aromatic amines is 1. The fourth-order valence-corrected chi connectivity index (χ4v) is 4.10. The summed E-state index contributed by atoms with van der Waals surface area (Å²) in [6.45, 7) is 6.45. The van der Waals surface area contributed by atoms with Gasteiger partial charge in [0.05, 0.1) is 23.3 Å². The van der Waals surface area contributed by atoms with Crippen LogP contribution in [0.4, 0.5) is 5.69 Å². The lowest BCUT2D eigenvalue weighted by atomic mass is 9.92. The summed E-state index contributed by atoms with van der Waals surface area (Å²) in [6.07, 6.45) is 1.74. The third kappa shape index (κ3) is 3.49. The van der Waals surface area contributed by atoms with Crippen LogP contribution in [0.3, 0.4) is 0 Å². The molecule has 27 heavy (non-hydrogen) atoms. The maximum Gasteiger partial charge on any atom is 0.254 e. The van der Waals surface area contributed by atoms with Crippen LogP contribution in [0.15, 0.2) is 40.4 Å². The standard InChI is InChI=1S/C19H21N5O2S/c1-19(2,3)15-7-16(25)24-9-12(10-27-18(24)22-15)17(26)21-13-5-4-11-8-20-23-14(11)6-13/h4-8,12H,9-10H2,1-3H3,(H,20,23)(H,21,26). The van der Waals surface area contributed by atoms with Gasteiger partial charge in [-0.1, -0.05) is 32.5 Å². The van der Waals surface area contributed by atoms with Gasteiger partial charge in [0.25, 0.3) is 5.56 Å². The van der Waals surface area contributed by atoms with Crippen molar-refractivity contribution >= 4 is 34.3 Å². The maximum absolute atomic E-state index is 12.7. The number of carbonyl (C=O) groups excluding carboxylic acids is 1. The Morgan fingerprint density at radius 2 is 2.15 bits per heavy atom. The highest BCUT2D eigenvalue weighted by molar-refractivity contribution is 7.99. The lowest BCUT2D eigenvalue weighted by molar-refractivity contribution is -0.119. The number of hydrogen-bond acceptors (Lipinski definition) is 5. The monoisotopic (exact) mass is 383 g/mol. The highest BCUT2D eigenvalue weighted by Crippen LogP contribution is 2.28. The van der Waals surface area contributed by atoms with Crippen LogP contribution in [0.2, 0.25) is 0 Å². The quantitative estimate of drug-likeness (QED) is 0.664. The molecule has 0 saturated heterocycles. The van der Waals surface area contributed by atoms with Gasteiger partial charge in [0.15, 0.2) is 5.16 Å². The molecule has 3 aromatic rings. The van der Waals surface area contributed by atoms with Crippen LogP contribution in [-0.2, 0) is 16.8 Å². The number of thioether (sulfide) groups is 1. The SMILES string of the molecule is CC(C)(C)c1cc(=O)n2c(n1)SCC(C(=O)Nc1ccc3cn[nH]c3c1)C2. The second kappa shape index (κ2) is 6.53. The first-order valence-corrected chi connectivity index (χ1v) is 9.79. The van der Waals surface area contributed by atoms with E-state index in [1.165, 1.54) is 11.8 Å². The Hall–Kier alpha value is -2.61. The van der Waals surface area contributed by atoms with Crippen molar-refractivity contribution in [2.45, 2.75) is 37.9 Å². The Kier molecular flexibility index (Phi) is 4.30. The smallest absolute Gasteiger partial charge is 0.254 e. The Bertz CT molecular complexity index is 1080. The molecule has 1 unspecified atom stereocenters. The number of H-pyrrole nitrogens is 1. The van der Waals surface area contributed by atoms with Gasteiger partial charge in [-0.15, -0.1) is 0 Å². The van der Waals surface area contributed by atoms with Crippen LogP contribution < -0.4 is 10.9 Å². The van der Waals surface area contributed by atoms with E-state index in [-0.39, 0.29) is 22.8 Å². The Morgan fingerprint density at radius 3 is 2.93 bits per heavy atom.